The van der Waals surface area contributed by atoms with Crippen molar-refractivity contribution >= 4 is 39.1 Å². The van der Waals surface area contributed by atoms with Crippen LogP contribution in [0.4, 0.5) is 18.9 Å². The molecule has 0 unspecified atom stereocenters. The molecule has 6 rings (SSSR count). The van der Waals surface area contributed by atoms with Crippen LogP contribution in [0.25, 0.3) is 0 Å². The summed E-state index contributed by atoms with van der Waals surface area (Å²) in [4.78, 5) is 29.3. The number of hydrogen-bond acceptors (Lipinski definition) is 5. The van der Waals surface area contributed by atoms with Gasteiger partial charge in [-0.1, -0.05) is 36.2 Å². The van der Waals surface area contributed by atoms with Gasteiger partial charge >= 0.3 is 6.18 Å². The highest BCUT2D eigenvalue weighted by Gasteiger charge is 2.51. The summed E-state index contributed by atoms with van der Waals surface area (Å²) in [6.07, 6.45) is 3.86. The first-order chi connectivity index (χ1) is 21.8. The molecule has 2 atom stereocenters. The number of nitrogens with zero attached hydrogens (tertiary/aromatic N) is 2. The van der Waals surface area contributed by atoms with E-state index in [1.54, 1.807) is 17.1 Å². The summed E-state index contributed by atoms with van der Waals surface area (Å²) >= 11 is 6.48. The first-order valence-corrected chi connectivity index (χ1v) is 17.6. The average Bonchev–Trinajstić information content (AvgIpc) is 3.59. The van der Waals surface area contributed by atoms with Crippen molar-refractivity contribution in [2.24, 2.45) is 16.7 Å². The zero-order chi connectivity index (χ0) is 32.7. The molecule has 2 amide bonds. The molecule has 248 valence electrons. The Hall–Kier alpha value is -3.09. The highest BCUT2D eigenvalue weighted by Crippen LogP contribution is 2.49. The van der Waals surface area contributed by atoms with Gasteiger partial charge in [-0.05, 0) is 93.9 Å². The van der Waals surface area contributed by atoms with Gasteiger partial charge in [0.05, 0.1) is 38.7 Å². The summed E-state index contributed by atoms with van der Waals surface area (Å²) in [5.41, 5.74) is -2.02. The number of sulfonamides is 1. The number of nitrogens with one attached hydrogen (secondary N) is 2. The van der Waals surface area contributed by atoms with Gasteiger partial charge in [0.25, 0.3) is 15.9 Å². The van der Waals surface area contributed by atoms with Crippen LogP contribution in [0.3, 0.4) is 0 Å². The number of amides is 2. The molecule has 3 fully saturated rings. The van der Waals surface area contributed by atoms with Crippen molar-refractivity contribution in [1.82, 2.24) is 15.5 Å². The van der Waals surface area contributed by atoms with Crippen molar-refractivity contribution in [3.8, 4) is 0 Å². The number of halogens is 4. The summed E-state index contributed by atoms with van der Waals surface area (Å²) in [6.45, 7) is 2.50. The van der Waals surface area contributed by atoms with Crippen LogP contribution >= 0.6 is 11.6 Å². The lowest BCUT2D eigenvalue weighted by molar-refractivity contribution is -0.137. The van der Waals surface area contributed by atoms with Crippen LogP contribution in [0.15, 0.2) is 59.5 Å². The molecule has 13 heteroatoms. The summed E-state index contributed by atoms with van der Waals surface area (Å²) in [5, 5.41) is 6.70. The van der Waals surface area contributed by atoms with Crippen molar-refractivity contribution in [1.29, 1.82) is 0 Å². The van der Waals surface area contributed by atoms with Gasteiger partial charge in [0.1, 0.15) is 0 Å². The number of carbonyl (C=O) groups is 2. The van der Waals surface area contributed by atoms with Gasteiger partial charge < -0.3 is 15.5 Å². The topological polar surface area (TPSA) is 98.8 Å². The van der Waals surface area contributed by atoms with Gasteiger partial charge in [-0.2, -0.15) is 13.2 Å². The van der Waals surface area contributed by atoms with Crippen LogP contribution in [-0.2, 0) is 21.0 Å². The van der Waals surface area contributed by atoms with E-state index in [1.807, 2.05) is 0 Å². The predicted octanol–water partition coefficient (Wildman–Crippen LogP) is 5.63. The summed E-state index contributed by atoms with van der Waals surface area (Å²) in [6, 6.07) is 7.99. The molecule has 2 spiro atoms. The van der Waals surface area contributed by atoms with Gasteiger partial charge in [-0.25, -0.2) is 8.42 Å². The number of benzene rings is 2. The van der Waals surface area contributed by atoms with E-state index in [-0.39, 0.29) is 45.0 Å². The molecule has 46 heavy (non-hydrogen) atoms. The van der Waals surface area contributed by atoms with Crippen molar-refractivity contribution in [2.45, 2.75) is 56.0 Å². The highest BCUT2D eigenvalue weighted by molar-refractivity contribution is 7.92. The minimum absolute atomic E-state index is 0.00256. The van der Waals surface area contributed by atoms with Gasteiger partial charge in [-0.3, -0.25) is 13.9 Å². The highest BCUT2D eigenvalue weighted by atomic mass is 35.5. The van der Waals surface area contributed by atoms with Gasteiger partial charge in [0.2, 0.25) is 5.91 Å². The van der Waals surface area contributed by atoms with Crippen LogP contribution in [0.5, 0.6) is 0 Å². The van der Waals surface area contributed by atoms with E-state index in [0.29, 0.717) is 58.4 Å². The minimum atomic E-state index is -4.68. The third-order valence-electron chi connectivity index (χ3n) is 10.4. The van der Waals surface area contributed by atoms with Crippen LogP contribution in [0.2, 0.25) is 5.02 Å². The van der Waals surface area contributed by atoms with E-state index in [2.05, 4.69) is 10.6 Å². The van der Waals surface area contributed by atoms with Crippen molar-refractivity contribution < 1.29 is 31.2 Å². The maximum Gasteiger partial charge on any atom is 0.416 e. The first-order valence-electron chi connectivity index (χ1n) is 15.8. The largest absolute Gasteiger partial charge is 0.416 e. The van der Waals surface area contributed by atoms with Crippen molar-refractivity contribution in [3.05, 3.63) is 70.8 Å². The van der Waals surface area contributed by atoms with E-state index >= 15 is 0 Å². The maximum absolute atomic E-state index is 14.2. The number of piperidine rings is 1. The fraction of sp³-hybridized carbons (Fsp3) is 0.515. The second kappa shape index (κ2) is 12.5. The van der Waals surface area contributed by atoms with Crippen molar-refractivity contribution in [3.63, 3.8) is 0 Å². The monoisotopic (exact) mass is 678 g/mol. The van der Waals surface area contributed by atoms with E-state index in [1.165, 1.54) is 30.3 Å². The fourth-order valence-electron chi connectivity index (χ4n) is 7.75. The molecule has 0 radical (unpaired) electrons. The molecule has 2 aromatic carbocycles. The Balaban J connectivity index is 1.42. The lowest BCUT2D eigenvalue weighted by Crippen LogP contribution is -2.50. The third-order valence-corrected chi connectivity index (χ3v) is 12.5. The summed E-state index contributed by atoms with van der Waals surface area (Å²) in [7, 11) is -4.45. The number of hydrogen-bond donors (Lipinski definition) is 2. The van der Waals surface area contributed by atoms with Crippen molar-refractivity contribution in [2.75, 3.05) is 43.6 Å². The number of carbonyl (C=O) groups excluding carboxylic acids is 2. The molecule has 1 aliphatic carbocycles. The molecule has 3 aliphatic heterocycles. The summed E-state index contributed by atoms with van der Waals surface area (Å²) in [5.74, 6) is -0.228. The molecule has 4 aliphatic rings. The standard InChI is InChI=1S/C33H38ClF3N4O4S/c34-28-10-9-26-19-27(28)29(42)40-20-24-7-5-12-32(24,22-40)21-39-30(43)31(13-15-38-16-14-31)11-2-1-3-17-41(46(26,44)45)25-8-4-6-23(18-25)33(35,36)37/h1,3-4,6,8-10,18-19,24,38H,2,5,7,11-17,20-22H2,(H,39,43)/b3-1+/t24-,32-/m0/s1. The van der Waals surface area contributed by atoms with Crippen LogP contribution in [-0.4, -0.2) is 64.4 Å². The molecule has 2 saturated heterocycles. The Kier molecular flexibility index (Phi) is 8.92. The normalized spacial score (nSPS) is 27.5. The smallest absolute Gasteiger partial charge is 0.355 e. The Morgan fingerprint density at radius 3 is 2.52 bits per heavy atom. The lowest BCUT2D eigenvalue weighted by Gasteiger charge is -2.38. The average molecular weight is 679 g/mol. The number of anilines is 1. The fourth-order valence-corrected chi connectivity index (χ4v) is 9.38. The molecule has 4 bridgehead atoms. The number of fused-ring (bicyclic) bond motifs is 3. The SMILES string of the molecule is O=C1c2cc(ccc2Cl)S(=O)(=O)N(c2cccc(C(F)(F)F)c2)C/C=C/CCC2(CCNCC2)C(=O)NC[C@]23CCC[C@H]2CN1C3. The second-order valence-corrected chi connectivity index (χ2v) is 15.4. The first kappa shape index (κ1) is 32.8. The molecule has 3 heterocycles. The quantitative estimate of drug-likeness (QED) is 0.381. The predicted molar refractivity (Wildman–Crippen MR) is 169 cm³/mol. The van der Waals surface area contributed by atoms with Gasteiger partial charge in [0.15, 0.2) is 0 Å². The zero-order valence-corrected chi connectivity index (χ0v) is 27.0. The molecular formula is C33H38ClF3N4O4S. The Morgan fingerprint density at radius 2 is 1.76 bits per heavy atom. The molecule has 2 aromatic rings. The maximum atomic E-state index is 14.2. The molecular weight excluding hydrogens is 641 g/mol. The second-order valence-electron chi connectivity index (χ2n) is 13.1. The Morgan fingerprint density at radius 1 is 0.978 bits per heavy atom. The van der Waals surface area contributed by atoms with Gasteiger partial charge in [-0.15, -0.1) is 0 Å². The number of alkyl halides is 3. The Labute approximate surface area is 272 Å². The van der Waals surface area contributed by atoms with E-state index in [0.717, 1.165) is 35.7 Å². The van der Waals surface area contributed by atoms with Crippen LogP contribution < -0.4 is 14.9 Å². The lowest BCUT2D eigenvalue weighted by atomic mass is 9.73. The minimum Gasteiger partial charge on any atom is -0.355 e. The number of rotatable bonds is 1. The molecule has 1 saturated carbocycles. The van der Waals surface area contributed by atoms with E-state index < -0.39 is 33.1 Å². The summed E-state index contributed by atoms with van der Waals surface area (Å²) < 4.78 is 70.2. The van der Waals surface area contributed by atoms with E-state index in [9.17, 15) is 31.2 Å². The molecule has 2 N–H and O–H groups in total. The molecule has 8 nitrogen and oxygen atoms in total. The Bertz CT molecular complexity index is 1640. The van der Waals surface area contributed by atoms with Crippen LogP contribution in [0.1, 0.15) is 60.9 Å². The van der Waals surface area contributed by atoms with Gasteiger partial charge in [0, 0.05) is 25.0 Å². The molecule has 0 aromatic heterocycles. The van der Waals surface area contributed by atoms with E-state index in [4.69, 9.17) is 11.6 Å². The zero-order valence-electron chi connectivity index (χ0n) is 25.4. The third kappa shape index (κ3) is 6.15. The number of allylic oxidation sites excluding steroid dienone is 1. The van der Waals surface area contributed by atoms with Crippen LogP contribution in [0, 0.1) is 16.7 Å².